The van der Waals surface area contributed by atoms with Crippen LogP contribution >= 0.6 is 0 Å². The van der Waals surface area contributed by atoms with Crippen molar-refractivity contribution in [1.82, 2.24) is 10.1 Å². The van der Waals surface area contributed by atoms with Gasteiger partial charge < -0.3 is 14.7 Å². The second-order valence-corrected chi connectivity index (χ2v) is 6.71. The number of hydrogen-bond acceptors (Lipinski definition) is 4. The number of aromatic nitrogens is 1. The Kier molecular flexibility index (Phi) is 6.62. The molecule has 0 aliphatic heterocycles. The summed E-state index contributed by atoms with van der Waals surface area (Å²) in [6.45, 7) is 4.95. The molecule has 1 fully saturated rings. The lowest BCUT2D eigenvalue weighted by Gasteiger charge is -2.29. The lowest BCUT2D eigenvalue weighted by Crippen LogP contribution is -2.42. The topological polar surface area (TPSA) is 75.4 Å². The molecule has 1 aromatic heterocycles. The van der Waals surface area contributed by atoms with Gasteiger partial charge in [0, 0.05) is 18.5 Å². The van der Waals surface area contributed by atoms with Gasteiger partial charge in [-0.2, -0.15) is 0 Å². The van der Waals surface area contributed by atoms with Gasteiger partial charge in [0.2, 0.25) is 11.8 Å². The van der Waals surface area contributed by atoms with Gasteiger partial charge in [-0.3, -0.25) is 9.59 Å². The fourth-order valence-corrected chi connectivity index (χ4v) is 2.92. The minimum absolute atomic E-state index is 0.0783. The third-order valence-electron chi connectivity index (χ3n) is 4.28. The Morgan fingerprint density at radius 3 is 2.70 bits per heavy atom. The predicted molar refractivity (Wildman–Crippen MR) is 87.7 cm³/mol. The highest BCUT2D eigenvalue weighted by Gasteiger charge is 2.27. The van der Waals surface area contributed by atoms with E-state index in [0.29, 0.717) is 18.3 Å². The molecule has 0 aromatic carbocycles. The van der Waals surface area contributed by atoms with Crippen molar-refractivity contribution >= 4 is 17.6 Å². The van der Waals surface area contributed by atoms with E-state index in [1.807, 2.05) is 0 Å². The van der Waals surface area contributed by atoms with Crippen LogP contribution in [0.25, 0.3) is 0 Å². The first kappa shape index (κ1) is 17.5. The molecule has 1 saturated carbocycles. The summed E-state index contributed by atoms with van der Waals surface area (Å²) in [6.07, 6.45) is 7.63. The normalized spacial score (nSPS) is 15.6. The van der Waals surface area contributed by atoms with Crippen LogP contribution in [0.2, 0.25) is 0 Å². The molecule has 0 saturated heterocycles. The number of carbonyl (C=O) groups excluding carboxylic acids is 2. The Morgan fingerprint density at radius 1 is 1.35 bits per heavy atom. The van der Waals surface area contributed by atoms with Gasteiger partial charge in [-0.25, -0.2) is 0 Å². The fourth-order valence-electron chi connectivity index (χ4n) is 2.92. The van der Waals surface area contributed by atoms with Crippen LogP contribution in [0.3, 0.4) is 0 Å². The zero-order valence-electron chi connectivity index (χ0n) is 14.1. The second-order valence-electron chi connectivity index (χ2n) is 6.71. The van der Waals surface area contributed by atoms with E-state index in [-0.39, 0.29) is 24.3 Å². The number of carbonyl (C=O) groups is 2. The Balaban J connectivity index is 1.94. The molecule has 6 heteroatoms. The highest BCUT2D eigenvalue weighted by molar-refractivity contribution is 5.94. The van der Waals surface area contributed by atoms with E-state index in [9.17, 15) is 9.59 Å². The summed E-state index contributed by atoms with van der Waals surface area (Å²) in [5, 5.41) is 6.32. The first-order chi connectivity index (χ1) is 11.1. The van der Waals surface area contributed by atoms with Crippen LogP contribution in [0.5, 0.6) is 0 Å². The van der Waals surface area contributed by atoms with Crippen molar-refractivity contribution in [3.05, 3.63) is 12.3 Å². The van der Waals surface area contributed by atoms with Gasteiger partial charge in [-0.15, -0.1) is 0 Å². The molecule has 1 aliphatic rings. The van der Waals surface area contributed by atoms with Crippen molar-refractivity contribution in [2.45, 2.75) is 52.4 Å². The third kappa shape index (κ3) is 5.69. The van der Waals surface area contributed by atoms with Crippen molar-refractivity contribution in [3.8, 4) is 0 Å². The van der Waals surface area contributed by atoms with Crippen LogP contribution in [-0.2, 0) is 9.59 Å². The van der Waals surface area contributed by atoms with Gasteiger partial charge in [0.25, 0.3) is 0 Å². The zero-order chi connectivity index (χ0) is 16.7. The molecule has 0 bridgehead atoms. The third-order valence-corrected chi connectivity index (χ3v) is 4.28. The molecule has 128 valence electrons. The Morgan fingerprint density at radius 2 is 2.09 bits per heavy atom. The summed E-state index contributed by atoms with van der Waals surface area (Å²) in [7, 11) is 0. The number of hydrogen-bond donors (Lipinski definition) is 1. The molecule has 1 heterocycles. The second kappa shape index (κ2) is 8.70. The van der Waals surface area contributed by atoms with E-state index < -0.39 is 0 Å². The number of rotatable bonds is 7. The molecule has 0 atom stereocenters. The van der Waals surface area contributed by atoms with Crippen molar-refractivity contribution in [2.75, 3.05) is 18.4 Å². The van der Waals surface area contributed by atoms with Gasteiger partial charge in [0.05, 0.1) is 6.54 Å². The summed E-state index contributed by atoms with van der Waals surface area (Å²) in [6, 6.07) is 1.58. The molecule has 1 aliphatic carbocycles. The van der Waals surface area contributed by atoms with Gasteiger partial charge in [0.1, 0.15) is 6.26 Å². The molecule has 1 aromatic rings. The zero-order valence-corrected chi connectivity index (χ0v) is 14.1. The Bertz CT molecular complexity index is 493. The average Bonchev–Trinajstić information content (AvgIpc) is 3.04. The van der Waals surface area contributed by atoms with Crippen LogP contribution in [0, 0.1) is 11.8 Å². The summed E-state index contributed by atoms with van der Waals surface area (Å²) < 4.78 is 4.70. The molecule has 2 amide bonds. The number of nitrogens with zero attached hydrogens (tertiary/aromatic N) is 2. The van der Waals surface area contributed by atoms with Crippen LogP contribution < -0.4 is 5.32 Å². The smallest absolute Gasteiger partial charge is 0.245 e. The number of amides is 2. The molecular weight excluding hydrogens is 294 g/mol. The van der Waals surface area contributed by atoms with Crippen LogP contribution in [0.4, 0.5) is 5.82 Å². The van der Waals surface area contributed by atoms with E-state index >= 15 is 0 Å². The van der Waals surface area contributed by atoms with Crippen molar-refractivity contribution in [1.29, 1.82) is 0 Å². The van der Waals surface area contributed by atoms with E-state index in [0.717, 1.165) is 32.1 Å². The first-order valence-corrected chi connectivity index (χ1v) is 8.55. The minimum atomic E-state index is -0.230. The Labute approximate surface area is 137 Å². The molecule has 0 radical (unpaired) electrons. The summed E-state index contributed by atoms with van der Waals surface area (Å²) in [5.41, 5.74) is 0. The summed E-state index contributed by atoms with van der Waals surface area (Å²) >= 11 is 0. The van der Waals surface area contributed by atoms with Crippen LogP contribution in [0.1, 0.15) is 52.4 Å². The average molecular weight is 321 g/mol. The van der Waals surface area contributed by atoms with Gasteiger partial charge in [-0.05, 0) is 25.2 Å². The van der Waals surface area contributed by atoms with Crippen molar-refractivity contribution < 1.29 is 14.1 Å². The lowest BCUT2D eigenvalue weighted by molar-refractivity contribution is -0.139. The fraction of sp³-hybridized carbons (Fsp3) is 0.706. The molecular formula is C17H27N3O3. The number of anilines is 1. The molecule has 0 spiro atoms. The van der Waals surface area contributed by atoms with Gasteiger partial charge >= 0.3 is 0 Å². The van der Waals surface area contributed by atoms with E-state index in [2.05, 4.69) is 24.3 Å². The molecule has 6 nitrogen and oxygen atoms in total. The molecule has 0 unspecified atom stereocenters. The monoisotopic (exact) mass is 321 g/mol. The highest BCUT2D eigenvalue weighted by Crippen LogP contribution is 2.25. The van der Waals surface area contributed by atoms with E-state index in [4.69, 9.17) is 4.52 Å². The van der Waals surface area contributed by atoms with Crippen molar-refractivity contribution in [2.24, 2.45) is 11.8 Å². The van der Waals surface area contributed by atoms with Gasteiger partial charge in [0.15, 0.2) is 5.82 Å². The first-order valence-electron chi connectivity index (χ1n) is 8.55. The largest absolute Gasteiger partial charge is 0.363 e. The summed E-state index contributed by atoms with van der Waals surface area (Å²) in [5.74, 6) is 0.849. The maximum absolute atomic E-state index is 12.8. The standard InChI is InChI=1S/C17H27N3O3/c1-13(2)8-10-20(17(22)14-6-4-3-5-7-14)12-16(21)18-15-9-11-23-19-15/h9,11,13-14H,3-8,10,12H2,1-2H3,(H,18,19,21). The van der Waals surface area contributed by atoms with E-state index in [1.165, 1.54) is 12.7 Å². The van der Waals surface area contributed by atoms with E-state index in [1.54, 1.807) is 11.0 Å². The molecule has 23 heavy (non-hydrogen) atoms. The lowest BCUT2D eigenvalue weighted by atomic mass is 9.88. The van der Waals surface area contributed by atoms with Crippen LogP contribution in [0.15, 0.2) is 16.9 Å². The van der Waals surface area contributed by atoms with Crippen LogP contribution in [-0.4, -0.2) is 35.0 Å². The molecule has 2 rings (SSSR count). The Hall–Kier alpha value is -1.85. The number of nitrogens with one attached hydrogen (secondary N) is 1. The van der Waals surface area contributed by atoms with Gasteiger partial charge in [-0.1, -0.05) is 38.3 Å². The maximum atomic E-state index is 12.8. The summed E-state index contributed by atoms with van der Waals surface area (Å²) in [4.78, 5) is 26.6. The quantitative estimate of drug-likeness (QED) is 0.837. The predicted octanol–water partition coefficient (Wildman–Crippen LogP) is 3.07. The SMILES string of the molecule is CC(C)CCN(CC(=O)Nc1ccon1)C(=O)C1CCCCC1. The highest BCUT2D eigenvalue weighted by atomic mass is 16.5. The maximum Gasteiger partial charge on any atom is 0.245 e. The minimum Gasteiger partial charge on any atom is -0.363 e. The molecule has 1 N–H and O–H groups in total. The van der Waals surface area contributed by atoms with Crippen molar-refractivity contribution in [3.63, 3.8) is 0 Å².